The van der Waals surface area contributed by atoms with E-state index in [1.807, 2.05) is 20.2 Å². The fraction of sp³-hybridized carbons (Fsp3) is 0.312. The Kier molecular flexibility index (Phi) is 5.40. The molecule has 150 valence electrons. The van der Waals surface area contributed by atoms with Gasteiger partial charge in [0, 0.05) is 30.8 Å². The Bertz CT molecular complexity index is 1130. The van der Waals surface area contributed by atoms with E-state index in [2.05, 4.69) is 40.8 Å². The number of thioether (sulfide) groups is 1. The fourth-order valence-electron chi connectivity index (χ4n) is 2.49. The van der Waals surface area contributed by atoms with Crippen LogP contribution >= 0.6 is 23.1 Å². The maximum atomic E-state index is 5.93. The predicted octanol–water partition coefficient (Wildman–Crippen LogP) is 2.16. The topological polar surface area (TPSA) is 146 Å². The van der Waals surface area contributed by atoms with Crippen LogP contribution in [-0.4, -0.2) is 47.2 Å². The van der Waals surface area contributed by atoms with Crippen molar-refractivity contribution in [1.82, 2.24) is 40.1 Å². The Hall–Kier alpha value is -3.06. The van der Waals surface area contributed by atoms with Crippen LogP contribution in [0.1, 0.15) is 22.8 Å². The van der Waals surface area contributed by atoms with E-state index in [4.69, 9.17) is 10.2 Å². The number of nitrogen functional groups attached to an aromatic ring is 1. The molecule has 0 spiro atoms. The van der Waals surface area contributed by atoms with Gasteiger partial charge in [0.1, 0.15) is 16.5 Å². The minimum atomic E-state index is 0.446. The molecule has 0 bridgehead atoms. The summed E-state index contributed by atoms with van der Waals surface area (Å²) in [7, 11) is 1.82. The van der Waals surface area contributed by atoms with Crippen LogP contribution in [0.3, 0.4) is 0 Å². The van der Waals surface area contributed by atoms with E-state index in [9.17, 15) is 0 Å². The van der Waals surface area contributed by atoms with Crippen LogP contribution in [-0.2, 0) is 12.3 Å². The van der Waals surface area contributed by atoms with Crippen LogP contribution in [0, 0.1) is 13.8 Å². The molecule has 0 aliphatic carbocycles. The van der Waals surface area contributed by atoms with Gasteiger partial charge in [0.25, 0.3) is 11.1 Å². The summed E-state index contributed by atoms with van der Waals surface area (Å²) in [5.74, 6) is 2.09. The summed E-state index contributed by atoms with van der Waals surface area (Å²) in [4.78, 5) is 13.6. The molecule has 4 aromatic rings. The number of anilines is 2. The number of aryl methyl sites for hydroxylation is 2. The third kappa shape index (κ3) is 4.35. The van der Waals surface area contributed by atoms with Gasteiger partial charge in [-0.05, 0) is 13.8 Å². The van der Waals surface area contributed by atoms with Crippen molar-refractivity contribution in [1.29, 1.82) is 0 Å². The Labute approximate surface area is 174 Å². The molecular formula is C16H18N10OS2. The third-order valence-corrected chi connectivity index (χ3v) is 5.91. The van der Waals surface area contributed by atoms with Gasteiger partial charge >= 0.3 is 0 Å². The van der Waals surface area contributed by atoms with E-state index in [0.29, 0.717) is 35.1 Å². The highest BCUT2D eigenvalue weighted by atomic mass is 32.2. The average Bonchev–Trinajstić information content (AvgIpc) is 3.42. The van der Waals surface area contributed by atoms with Gasteiger partial charge in [0.15, 0.2) is 5.13 Å². The highest BCUT2D eigenvalue weighted by Crippen LogP contribution is 2.33. The molecule has 0 fully saturated rings. The zero-order valence-corrected chi connectivity index (χ0v) is 17.6. The second-order valence-corrected chi connectivity index (χ2v) is 8.01. The summed E-state index contributed by atoms with van der Waals surface area (Å²) in [6, 6.07) is 0. The maximum Gasteiger partial charge on any atom is 0.277 e. The van der Waals surface area contributed by atoms with Crippen molar-refractivity contribution < 1.29 is 4.42 Å². The molecule has 0 radical (unpaired) electrons. The Morgan fingerprint density at radius 1 is 1.24 bits per heavy atom. The van der Waals surface area contributed by atoms with E-state index in [1.54, 1.807) is 17.8 Å². The van der Waals surface area contributed by atoms with Crippen LogP contribution in [0.15, 0.2) is 22.0 Å². The zero-order chi connectivity index (χ0) is 20.4. The smallest absolute Gasteiger partial charge is 0.277 e. The van der Waals surface area contributed by atoms with Crippen molar-refractivity contribution in [2.75, 3.05) is 18.1 Å². The van der Waals surface area contributed by atoms with E-state index in [1.165, 1.54) is 23.1 Å². The highest BCUT2D eigenvalue weighted by molar-refractivity contribution is 7.98. The molecule has 4 heterocycles. The Balaban J connectivity index is 1.39. The van der Waals surface area contributed by atoms with Gasteiger partial charge < -0.3 is 15.5 Å². The number of hydrogen-bond acceptors (Lipinski definition) is 12. The number of nitrogens with two attached hydrogens (primary N) is 1. The molecule has 3 N–H and O–H groups in total. The first kappa shape index (κ1) is 19.3. The molecule has 0 saturated carbocycles. The lowest BCUT2D eigenvalue weighted by molar-refractivity contribution is 0.466. The molecular weight excluding hydrogens is 412 g/mol. The fourth-order valence-corrected chi connectivity index (χ4v) is 3.97. The Morgan fingerprint density at radius 2 is 2.10 bits per heavy atom. The van der Waals surface area contributed by atoms with E-state index >= 15 is 0 Å². The highest BCUT2D eigenvalue weighted by Gasteiger charge is 2.16. The van der Waals surface area contributed by atoms with Gasteiger partial charge in [-0.15, -0.1) is 15.3 Å². The first-order valence-electron chi connectivity index (χ1n) is 8.60. The SMILES string of the molecule is CNc1nc(C)c(-c2nnc(SCc3cn(Cc4cnc(C)nc4N)nn3)o2)s1. The molecule has 0 unspecified atom stereocenters. The number of nitrogens with one attached hydrogen (secondary N) is 1. The van der Waals surface area contributed by atoms with Crippen LogP contribution in [0.5, 0.6) is 0 Å². The largest absolute Gasteiger partial charge is 0.410 e. The second kappa shape index (κ2) is 8.13. The summed E-state index contributed by atoms with van der Waals surface area (Å²) in [6.45, 7) is 4.16. The normalized spacial score (nSPS) is 11.1. The lowest BCUT2D eigenvalue weighted by Crippen LogP contribution is -2.07. The first-order valence-corrected chi connectivity index (χ1v) is 10.4. The van der Waals surface area contributed by atoms with Gasteiger partial charge in [-0.2, -0.15) is 0 Å². The minimum Gasteiger partial charge on any atom is -0.410 e. The average molecular weight is 431 g/mol. The molecule has 11 nitrogen and oxygen atoms in total. The molecule has 4 rings (SSSR count). The quantitative estimate of drug-likeness (QED) is 0.416. The van der Waals surface area contributed by atoms with Gasteiger partial charge in [-0.25, -0.2) is 19.6 Å². The Morgan fingerprint density at radius 3 is 2.86 bits per heavy atom. The molecule has 0 atom stereocenters. The number of rotatable bonds is 7. The van der Waals surface area contributed by atoms with Crippen LogP contribution in [0.25, 0.3) is 10.8 Å². The van der Waals surface area contributed by atoms with E-state index < -0.39 is 0 Å². The monoisotopic (exact) mass is 430 g/mol. The molecule has 4 aromatic heterocycles. The maximum absolute atomic E-state index is 5.93. The summed E-state index contributed by atoms with van der Waals surface area (Å²) in [5, 5.41) is 20.8. The minimum absolute atomic E-state index is 0.446. The van der Waals surface area contributed by atoms with Crippen LogP contribution in [0.2, 0.25) is 0 Å². The predicted molar refractivity (Wildman–Crippen MR) is 110 cm³/mol. The molecule has 29 heavy (non-hydrogen) atoms. The van der Waals surface area contributed by atoms with E-state index in [-0.39, 0.29) is 0 Å². The zero-order valence-electron chi connectivity index (χ0n) is 15.9. The van der Waals surface area contributed by atoms with Gasteiger partial charge in [0.2, 0.25) is 0 Å². The van der Waals surface area contributed by atoms with Crippen molar-refractivity contribution in [3.05, 3.63) is 35.2 Å². The van der Waals surface area contributed by atoms with Gasteiger partial charge in [-0.1, -0.05) is 28.3 Å². The summed E-state index contributed by atoms with van der Waals surface area (Å²) < 4.78 is 7.45. The number of hydrogen-bond donors (Lipinski definition) is 2. The van der Waals surface area contributed by atoms with Crippen molar-refractivity contribution >= 4 is 34.0 Å². The molecule has 0 aromatic carbocycles. The third-order valence-electron chi connectivity index (χ3n) is 3.89. The molecule has 0 aliphatic heterocycles. The number of thiazole rings is 1. The molecule has 0 saturated heterocycles. The van der Waals surface area contributed by atoms with Gasteiger partial charge in [-0.3, -0.25) is 0 Å². The van der Waals surface area contributed by atoms with E-state index in [0.717, 1.165) is 27.0 Å². The standard InChI is InChI=1S/C16H18N10OS2/c1-8-12(29-15(18-3)20-8)14-23-24-16(27-14)28-7-11-6-26(25-22-11)5-10-4-19-9(2)21-13(10)17/h4,6H,5,7H2,1-3H3,(H,18,20)(H2,17,19,21). The lowest BCUT2D eigenvalue weighted by atomic mass is 10.3. The summed E-state index contributed by atoms with van der Waals surface area (Å²) >= 11 is 2.87. The van der Waals surface area contributed by atoms with Crippen LogP contribution in [0.4, 0.5) is 10.9 Å². The molecule has 0 aliphatic rings. The lowest BCUT2D eigenvalue weighted by Gasteiger charge is -2.04. The summed E-state index contributed by atoms with van der Waals surface area (Å²) in [5.41, 5.74) is 8.36. The van der Waals surface area contributed by atoms with Crippen molar-refractivity contribution in [3.63, 3.8) is 0 Å². The van der Waals surface area contributed by atoms with Gasteiger partial charge in [0.05, 0.1) is 17.9 Å². The second-order valence-electron chi connectivity index (χ2n) is 6.08. The number of nitrogens with zero attached hydrogens (tertiary/aromatic N) is 8. The van der Waals surface area contributed by atoms with Crippen molar-refractivity contribution in [2.24, 2.45) is 0 Å². The first-order chi connectivity index (χ1) is 14.0. The molecule has 0 amide bonds. The van der Waals surface area contributed by atoms with Crippen molar-refractivity contribution in [3.8, 4) is 10.8 Å². The van der Waals surface area contributed by atoms with Crippen molar-refractivity contribution in [2.45, 2.75) is 31.4 Å². The van der Waals surface area contributed by atoms with Crippen LogP contribution < -0.4 is 11.1 Å². The molecule has 13 heteroatoms. The number of aromatic nitrogens is 8. The summed E-state index contributed by atoms with van der Waals surface area (Å²) in [6.07, 6.45) is 3.55.